The molecule has 1 saturated heterocycles. The van der Waals surface area contributed by atoms with E-state index in [-0.39, 0.29) is 11.9 Å². The molecule has 0 spiro atoms. The van der Waals surface area contributed by atoms with E-state index in [1.165, 1.54) is 0 Å². The van der Waals surface area contributed by atoms with Gasteiger partial charge in [0.2, 0.25) is 0 Å². The number of hydrogen-bond acceptors (Lipinski definition) is 3. The molecule has 1 atom stereocenters. The third kappa shape index (κ3) is 2.59. The Kier molecular flexibility index (Phi) is 3.54. The second-order valence-corrected chi connectivity index (χ2v) is 5.91. The zero-order valence-electron chi connectivity index (χ0n) is 12.8. The van der Waals surface area contributed by atoms with Gasteiger partial charge in [-0.25, -0.2) is 0 Å². The molecule has 1 fully saturated rings. The van der Waals surface area contributed by atoms with Gasteiger partial charge in [0, 0.05) is 42.6 Å². The van der Waals surface area contributed by atoms with Crippen LogP contribution in [0.5, 0.6) is 0 Å². The molecule has 0 N–H and O–H groups in total. The van der Waals surface area contributed by atoms with Crippen LogP contribution in [0.3, 0.4) is 0 Å². The monoisotopic (exact) mass is 306 g/mol. The molecule has 1 aliphatic heterocycles. The molecular formula is C18H18N4O. The van der Waals surface area contributed by atoms with Crippen molar-refractivity contribution in [3.05, 3.63) is 60.6 Å². The van der Waals surface area contributed by atoms with Crippen LogP contribution in [0.1, 0.15) is 29.2 Å². The Morgan fingerprint density at radius 3 is 2.96 bits per heavy atom. The number of rotatable bonds is 2. The summed E-state index contributed by atoms with van der Waals surface area (Å²) in [6.07, 6.45) is 7.57. The number of carbonyl (C=O) groups excluding carboxylic acids is 1. The van der Waals surface area contributed by atoms with Crippen molar-refractivity contribution in [3.63, 3.8) is 0 Å². The first-order valence-electron chi connectivity index (χ1n) is 7.95. The Bertz CT molecular complexity index is 823. The van der Waals surface area contributed by atoms with E-state index >= 15 is 0 Å². The van der Waals surface area contributed by atoms with Crippen LogP contribution in [0.15, 0.2) is 55.0 Å². The summed E-state index contributed by atoms with van der Waals surface area (Å²) in [6, 6.07) is 11.8. The summed E-state index contributed by atoms with van der Waals surface area (Å²) in [5, 5.41) is 5.24. The Hall–Kier alpha value is -2.69. The molecule has 3 heterocycles. The van der Waals surface area contributed by atoms with Crippen molar-refractivity contribution in [1.82, 2.24) is 19.7 Å². The Morgan fingerprint density at radius 1 is 1.13 bits per heavy atom. The first kappa shape index (κ1) is 13.9. The summed E-state index contributed by atoms with van der Waals surface area (Å²) in [4.78, 5) is 19.3. The van der Waals surface area contributed by atoms with Crippen LogP contribution in [0, 0.1) is 0 Å². The van der Waals surface area contributed by atoms with Crippen molar-refractivity contribution < 1.29 is 4.79 Å². The van der Waals surface area contributed by atoms with Gasteiger partial charge in [0.05, 0.1) is 11.6 Å². The Labute approximate surface area is 134 Å². The van der Waals surface area contributed by atoms with Gasteiger partial charge < -0.3 is 4.90 Å². The van der Waals surface area contributed by atoms with Gasteiger partial charge in [0.25, 0.3) is 5.91 Å². The number of amides is 1. The summed E-state index contributed by atoms with van der Waals surface area (Å²) < 4.78 is 1.96. The maximum Gasteiger partial charge on any atom is 0.254 e. The number of piperidine rings is 1. The zero-order chi connectivity index (χ0) is 15.6. The van der Waals surface area contributed by atoms with E-state index in [2.05, 4.69) is 10.1 Å². The molecule has 2 aromatic heterocycles. The lowest BCUT2D eigenvalue weighted by molar-refractivity contribution is 0.0675. The van der Waals surface area contributed by atoms with Crippen molar-refractivity contribution in [1.29, 1.82) is 0 Å². The van der Waals surface area contributed by atoms with Gasteiger partial charge in [-0.2, -0.15) is 5.10 Å². The van der Waals surface area contributed by atoms with Gasteiger partial charge in [-0.3, -0.25) is 14.5 Å². The minimum absolute atomic E-state index is 0.0838. The number of hydrogen-bond donors (Lipinski definition) is 0. The number of benzene rings is 1. The highest BCUT2D eigenvalue weighted by molar-refractivity contribution is 6.06. The lowest BCUT2D eigenvalue weighted by Crippen LogP contribution is -2.40. The molecule has 0 bridgehead atoms. The molecular weight excluding hydrogens is 288 g/mol. The van der Waals surface area contributed by atoms with Crippen LogP contribution in [-0.4, -0.2) is 38.7 Å². The lowest BCUT2D eigenvalue weighted by atomic mass is 10.0. The van der Waals surface area contributed by atoms with Crippen LogP contribution in [0.4, 0.5) is 0 Å². The number of pyridine rings is 1. The Morgan fingerprint density at radius 2 is 2.09 bits per heavy atom. The van der Waals surface area contributed by atoms with E-state index in [0.29, 0.717) is 6.54 Å². The predicted octanol–water partition coefficient (Wildman–Crippen LogP) is 2.91. The van der Waals surface area contributed by atoms with E-state index in [0.717, 1.165) is 35.9 Å². The lowest BCUT2D eigenvalue weighted by Gasteiger charge is -2.33. The normalized spacial score (nSPS) is 18.3. The zero-order valence-corrected chi connectivity index (χ0v) is 12.8. The average Bonchev–Trinajstić information content (AvgIpc) is 3.15. The van der Waals surface area contributed by atoms with E-state index in [9.17, 15) is 4.79 Å². The third-order valence-electron chi connectivity index (χ3n) is 4.46. The van der Waals surface area contributed by atoms with E-state index in [1.807, 2.05) is 52.2 Å². The highest BCUT2D eigenvalue weighted by atomic mass is 16.2. The van der Waals surface area contributed by atoms with Gasteiger partial charge in [0.15, 0.2) is 0 Å². The quantitative estimate of drug-likeness (QED) is 0.731. The molecule has 1 aliphatic rings. The Balaban J connectivity index is 1.63. The van der Waals surface area contributed by atoms with Crippen LogP contribution < -0.4 is 0 Å². The summed E-state index contributed by atoms with van der Waals surface area (Å²) >= 11 is 0. The second-order valence-electron chi connectivity index (χ2n) is 5.91. The number of aromatic nitrogens is 3. The molecule has 1 amide bonds. The van der Waals surface area contributed by atoms with Gasteiger partial charge >= 0.3 is 0 Å². The summed E-state index contributed by atoms with van der Waals surface area (Å²) in [5.74, 6) is 0.0838. The van der Waals surface area contributed by atoms with Gasteiger partial charge in [0.1, 0.15) is 0 Å². The second kappa shape index (κ2) is 5.83. The topological polar surface area (TPSA) is 51.0 Å². The molecule has 5 heteroatoms. The minimum Gasteiger partial charge on any atom is -0.336 e. The number of carbonyl (C=O) groups is 1. The molecule has 5 nitrogen and oxygen atoms in total. The standard InChI is InChI=1S/C18H18N4O/c23-18(16-6-1-8-17-15(16)7-2-9-19-17)21-11-3-5-14(13-21)22-12-4-10-20-22/h1-2,4,6-10,12,14H,3,5,11,13H2. The first-order valence-corrected chi connectivity index (χ1v) is 7.95. The van der Waals surface area contributed by atoms with Gasteiger partial charge in [-0.15, -0.1) is 0 Å². The molecule has 4 rings (SSSR count). The van der Waals surface area contributed by atoms with Crippen LogP contribution in [0.2, 0.25) is 0 Å². The summed E-state index contributed by atoms with van der Waals surface area (Å²) in [5.41, 5.74) is 1.59. The molecule has 0 aliphatic carbocycles. The van der Waals surface area contributed by atoms with E-state index < -0.39 is 0 Å². The predicted molar refractivity (Wildman–Crippen MR) is 88.1 cm³/mol. The van der Waals surface area contributed by atoms with Gasteiger partial charge in [-0.05, 0) is 37.1 Å². The summed E-state index contributed by atoms with van der Waals surface area (Å²) in [6.45, 7) is 1.50. The number of nitrogens with zero attached hydrogens (tertiary/aromatic N) is 4. The molecule has 0 saturated carbocycles. The fourth-order valence-corrected chi connectivity index (χ4v) is 3.31. The summed E-state index contributed by atoms with van der Waals surface area (Å²) in [7, 11) is 0. The largest absolute Gasteiger partial charge is 0.336 e. The SMILES string of the molecule is O=C(c1cccc2ncccc12)N1CCCC(n2cccn2)C1. The molecule has 1 aromatic carbocycles. The molecule has 0 radical (unpaired) electrons. The molecule has 116 valence electrons. The maximum atomic E-state index is 13.0. The average molecular weight is 306 g/mol. The van der Waals surface area contributed by atoms with E-state index in [1.54, 1.807) is 12.4 Å². The number of likely N-dealkylation sites (tertiary alicyclic amines) is 1. The van der Waals surface area contributed by atoms with Crippen LogP contribution in [0.25, 0.3) is 10.9 Å². The molecule has 1 unspecified atom stereocenters. The fourth-order valence-electron chi connectivity index (χ4n) is 3.31. The maximum absolute atomic E-state index is 13.0. The van der Waals surface area contributed by atoms with Crippen LogP contribution in [-0.2, 0) is 0 Å². The van der Waals surface area contributed by atoms with Crippen molar-refractivity contribution >= 4 is 16.8 Å². The smallest absolute Gasteiger partial charge is 0.254 e. The van der Waals surface area contributed by atoms with E-state index in [4.69, 9.17) is 0 Å². The third-order valence-corrected chi connectivity index (χ3v) is 4.46. The molecule has 3 aromatic rings. The first-order chi connectivity index (χ1) is 11.3. The number of fused-ring (bicyclic) bond motifs is 1. The van der Waals surface area contributed by atoms with Crippen molar-refractivity contribution in [2.75, 3.05) is 13.1 Å². The fraction of sp³-hybridized carbons (Fsp3) is 0.278. The minimum atomic E-state index is 0.0838. The van der Waals surface area contributed by atoms with Crippen molar-refractivity contribution in [2.24, 2.45) is 0 Å². The van der Waals surface area contributed by atoms with Crippen molar-refractivity contribution in [2.45, 2.75) is 18.9 Å². The highest BCUT2D eigenvalue weighted by Gasteiger charge is 2.26. The molecule has 23 heavy (non-hydrogen) atoms. The van der Waals surface area contributed by atoms with Crippen LogP contribution >= 0.6 is 0 Å². The van der Waals surface area contributed by atoms with Gasteiger partial charge in [-0.1, -0.05) is 12.1 Å². The highest BCUT2D eigenvalue weighted by Crippen LogP contribution is 2.24. The van der Waals surface area contributed by atoms with Crippen molar-refractivity contribution in [3.8, 4) is 0 Å².